The largest absolute Gasteiger partial charge is 0.250 e. The van der Waals surface area contributed by atoms with Crippen LogP contribution in [0.4, 0.5) is 0 Å². The number of aryl methyl sites for hydroxylation is 1. The molecule has 2 fully saturated rings. The van der Waals surface area contributed by atoms with Gasteiger partial charge in [0.25, 0.3) is 0 Å². The van der Waals surface area contributed by atoms with Gasteiger partial charge in [-0.25, -0.2) is 4.21 Å². The monoisotopic (exact) mass is 270 g/mol. The first-order valence-corrected chi connectivity index (χ1v) is 8.14. The fourth-order valence-electron chi connectivity index (χ4n) is 1.89. The van der Waals surface area contributed by atoms with E-state index in [1.165, 1.54) is 31.2 Å². The van der Waals surface area contributed by atoms with Crippen molar-refractivity contribution in [3.8, 4) is 11.8 Å². The maximum atomic E-state index is 12.3. The van der Waals surface area contributed by atoms with Crippen molar-refractivity contribution in [2.24, 2.45) is 11.8 Å². The van der Waals surface area contributed by atoms with E-state index in [2.05, 4.69) is 11.8 Å². The standard InChI is InChI=1S/C17H18OS/c1-13-2-10-17(11-3-13)19(18)12-16(15-8-9-15)7-6-14-4-5-14/h2-3,10-12,14-15H,4-5,8-9H2,1H3/b16-12-/t19-/m1/s1. The number of rotatable bonds is 3. The molecule has 0 unspecified atom stereocenters. The molecule has 0 aromatic heterocycles. The van der Waals surface area contributed by atoms with Crippen LogP contribution in [0.3, 0.4) is 0 Å². The summed E-state index contributed by atoms with van der Waals surface area (Å²) in [7, 11) is -1.06. The highest BCUT2D eigenvalue weighted by molar-refractivity contribution is 7.88. The van der Waals surface area contributed by atoms with E-state index in [9.17, 15) is 4.21 Å². The van der Waals surface area contributed by atoms with Gasteiger partial charge in [0.05, 0.1) is 10.8 Å². The van der Waals surface area contributed by atoms with Crippen molar-refractivity contribution in [3.05, 3.63) is 40.8 Å². The molecule has 1 aromatic carbocycles. The van der Waals surface area contributed by atoms with E-state index in [1.54, 1.807) is 0 Å². The van der Waals surface area contributed by atoms with Gasteiger partial charge in [0.15, 0.2) is 0 Å². The minimum atomic E-state index is -1.06. The molecular formula is C17H18OS. The molecule has 3 rings (SSSR count). The second-order valence-corrected chi connectivity index (χ2v) is 6.80. The molecule has 2 aliphatic carbocycles. The summed E-state index contributed by atoms with van der Waals surface area (Å²) in [5, 5.41) is 1.87. The van der Waals surface area contributed by atoms with E-state index in [0.717, 1.165) is 10.5 Å². The topological polar surface area (TPSA) is 17.1 Å². The Kier molecular flexibility index (Phi) is 3.57. The van der Waals surface area contributed by atoms with E-state index in [1.807, 2.05) is 36.6 Å². The Morgan fingerprint density at radius 2 is 1.89 bits per heavy atom. The minimum absolute atomic E-state index is 0.570. The second kappa shape index (κ2) is 5.35. The van der Waals surface area contributed by atoms with Crippen molar-refractivity contribution in [1.29, 1.82) is 0 Å². The van der Waals surface area contributed by atoms with Crippen LogP contribution in [-0.2, 0) is 10.8 Å². The van der Waals surface area contributed by atoms with Gasteiger partial charge in [-0.3, -0.25) is 0 Å². The highest BCUT2D eigenvalue weighted by Gasteiger charge is 2.26. The lowest BCUT2D eigenvalue weighted by atomic mass is 10.2. The lowest BCUT2D eigenvalue weighted by Gasteiger charge is -2.00. The quantitative estimate of drug-likeness (QED) is 0.763. The Hall–Kier alpha value is -1.33. The summed E-state index contributed by atoms with van der Waals surface area (Å²) in [6, 6.07) is 7.91. The molecule has 2 aliphatic rings. The molecule has 0 N–H and O–H groups in total. The smallest absolute Gasteiger partial charge is 0.0785 e. The van der Waals surface area contributed by atoms with Crippen LogP contribution in [0.1, 0.15) is 31.2 Å². The molecule has 19 heavy (non-hydrogen) atoms. The third-order valence-corrected chi connectivity index (χ3v) is 4.71. The van der Waals surface area contributed by atoms with E-state index in [0.29, 0.717) is 11.8 Å². The summed E-state index contributed by atoms with van der Waals surface area (Å²) < 4.78 is 12.3. The molecular weight excluding hydrogens is 252 g/mol. The highest BCUT2D eigenvalue weighted by atomic mass is 32.2. The first kappa shape index (κ1) is 12.7. The van der Waals surface area contributed by atoms with Crippen molar-refractivity contribution < 1.29 is 4.21 Å². The zero-order valence-electron chi connectivity index (χ0n) is 11.2. The van der Waals surface area contributed by atoms with Crippen molar-refractivity contribution >= 4 is 10.8 Å². The fraction of sp³-hybridized carbons (Fsp3) is 0.412. The van der Waals surface area contributed by atoms with Crippen LogP contribution in [0.2, 0.25) is 0 Å². The van der Waals surface area contributed by atoms with Gasteiger partial charge < -0.3 is 0 Å². The molecule has 1 aromatic rings. The number of hydrogen-bond acceptors (Lipinski definition) is 1. The summed E-state index contributed by atoms with van der Waals surface area (Å²) in [5.41, 5.74) is 2.30. The maximum Gasteiger partial charge on any atom is 0.0785 e. The van der Waals surface area contributed by atoms with Crippen LogP contribution in [0.25, 0.3) is 0 Å². The normalized spacial score (nSPS) is 20.6. The Bertz CT molecular complexity index is 578. The van der Waals surface area contributed by atoms with Gasteiger partial charge >= 0.3 is 0 Å². The fourth-order valence-corrected chi connectivity index (χ4v) is 2.91. The zero-order chi connectivity index (χ0) is 13.2. The summed E-state index contributed by atoms with van der Waals surface area (Å²) >= 11 is 0. The Balaban J connectivity index is 1.79. The molecule has 0 heterocycles. The molecule has 0 aliphatic heterocycles. The average molecular weight is 270 g/mol. The van der Waals surface area contributed by atoms with Gasteiger partial charge in [-0.1, -0.05) is 29.5 Å². The van der Waals surface area contributed by atoms with Crippen LogP contribution in [0, 0.1) is 30.6 Å². The summed E-state index contributed by atoms with van der Waals surface area (Å²) in [6.07, 6.45) is 4.89. The third-order valence-electron chi connectivity index (χ3n) is 3.50. The summed E-state index contributed by atoms with van der Waals surface area (Å²) in [4.78, 5) is 0.872. The van der Waals surface area contributed by atoms with E-state index in [4.69, 9.17) is 0 Å². The molecule has 1 atom stereocenters. The second-order valence-electron chi connectivity index (χ2n) is 5.50. The predicted octanol–water partition coefficient (Wildman–Crippen LogP) is 3.81. The number of hydrogen-bond donors (Lipinski definition) is 0. The highest BCUT2D eigenvalue weighted by Crippen LogP contribution is 2.37. The molecule has 0 radical (unpaired) electrons. The van der Waals surface area contributed by atoms with Crippen molar-refractivity contribution in [1.82, 2.24) is 0 Å². The Labute approximate surface area is 117 Å². The van der Waals surface area contributed by atoms with Gasteiger partial charge in [-0.05, 0) is 50.7 Å². The number of allylic oxidation sites excluding steroid dienone is 1. The van der Waals surface area contributed by atoms with Crippen LogP contribution in [-0.4, -0.2) is 4.21 Å². The van der Waals surface area contributed by atoms with Crippen molar-refractivity contribution in [2.75, 3.05) is 0 Å². The Morgan fingerprint density at radius 3 is 2.47 bits per heavy atom. The molecule has 2 heteroatoms. The number of benzene rings is 1. The lowest BCUT2D eigenvalue weighted by Crippen LogP contribution is -1.91. The molecule has 0 bridgehead atoms. The van der Waals surface area contributed by atoms with Gasteiger partial charge in [0, 0.05) is 21.8 Å². The van der Waals surface area contributed by atoms with Crippen LogP contribution >= 0.6 is 0 Å². The van der Waals surface area contributed by atoms with Gasteiger partial charge in [-0.15, -0.1) is 0 Å². The molecule has 2 saturated carbocycles. The maximum absolute atomic E-state index is 12.3. The van der Waals surface area contributed by atoms with Crippen molar-refractivity contribution in [2.45, 2.75) is 37.5 Å². The summed E-state index contributed by atoms with van der Waals surface area (Å²) in [5.74, 6) is 7.74. The van der Waals surface area contributed by atoms with E-state index in [-0.39, 0.29) is 0 Å². The zero-order valence-corrected chi connectivity index (χ0v) is 12.0. The third kappa shape index (κ3) is 3.58. The van der Waals surface area contributed by atoms with E-state index < -0.39 is 10.8 Å². The van der Waals surface area contributed by atoms with Crippen LogP contribution in [0.15, 0.2) is 40.1 Å². The van der Waals surface area contributed by atoms with E-state index >= 15 is 0 Å². The molecule has 1 nitrogen and oxygen atoms in total. The first-order chi connectivity index (χ1) is 9.22. The SMILES string of the molecule is Cc1ccc([S@](=O)/C=C(/C#CC2CC2)C2CC2)cc1. The molecule has 98 valence electrons. The molecule has 0 spiro atoms. The molecule has 0 saturated heterocycles. The van der Waals surface area contributed by atoms with Crippen LogP contribution in [0.5, 0.6) is 0 Å². The van der Waals surface area contributed by atoms with Gasteiger partial charge in [-0.2, -0.15) is 0 Å². The predicted molar refractivity (Wildman–Crippen MR) is 78.9 cm³/mol. The Morgan fingerprint density at radius 1 is 1.21 bits per heavy atom. The minimum Gasteiger partial charge on any atom is -0.250 e. The average Bonchev–Trinajstić information content (AvgIpc) is 3.28. The lowest BCUT2D eigenvalue weighted by molar-refractivity contribution is 0.688. The van der Waals surface area contributed by atoms with Crippen LogP contribution < -0.4 is 0 Å². The van der Waals surface area contributed by atoms with Gasteiger partial charge in [0.2, 0.25) is 0 Å². The summed E-state index contributed by atoms with van der Waals surface area (Å²) in [6.45, 7) is 2.04. The molecule has 0 amide bonds. The first-order valence-electron chi connectivity index (χ1n) is 6.93. The van der Waals surface area contributed by atoms with Crippen molar-refractivity contribution in [3.63, 3.8) is 0 Å². The van der Waals surface area contributed by atoms with Gasteiger partial charge in [0.1, 0.15) is 0 Å².